The third kappa shape index (κ3) is 2.11. The molecule has 0 N–H and O–H groups in total. The van der Waals surface area contributed by atoms with Crippen LogP contribution >= 0.6 is 15.9 Å². The van der Waals surface area contributed by atoms with Gasteiger partial charge in [0.2, 0.25) is 0 Å². The number of amides is 2. The minimum atomic E-state index is -0.313. The highest BCUT2D eigenvalue weighted by Crippen LogP contribution is 2.31. The summed E-state index contributed by atoms with van der Waals surface area (Å²) in [4.78, 5) is 26.4. The van der Waals surface area contributed by atoms with Crippen LogP contribution in [0.1, 0.15) is 26.4 Å². The third-order valence-electron chi connectivity index (χ3n) is 4.07. The van der Waals surface area contributed by atoms with Gasteiger partial charge in [0.25, 0.3) is 11.8 Å². The van der Waals surface area contributed by atoms with E-state index in [0.29, 0.717) is 16.8 Å². The lowest BCUT2D eigenvalue weighted by atomic mass is 10.1. The normalized spacial score (nSPS) is 13.5. The average molecular weight is 382 g/mol. The summed E-state index contributed by atoms with van der Waals surface area (Å²) in [6.07, 6.45) is 1.55. The number of benzene rings is 2. The minimum Gasteiger partial charge on any atom is -0.268 e. The molecule has 1 aliphatic heterocycles. The molecule has 0 bridgehead atoms. The third-order valence-corrected chi connectivity index (χ3v) is 4.56. The van der Waals surface area contributed by atoms with E-state index >= 15 is 0 Å². The van der Waals surface area contributed by atoms with Gasteiger partial charge in [0.15, 0.2) is 0 Å². The molecule has 0 aliphatic carbocycles. The van der Waals surface area contributed by atoms with Crippen LogP contribution in [0.2, 0.25) is 0 Å². The van der Waals surface area contributed by atoms with Gasteiger partial charge < -0.3 is 0 Å². The summed E-state index contributed by atoms with van der Waals surface area (Å²) >= 11 is 3.44. The summed E-state index contributed by atoms with van der Waals surface area (Å²) in [5, 5.41) is 4.35. The fraction of sp³-hybridized carbons (Fsp3) is 0.0556. The number of fused-ring (bicyclic) bond motifs is 1. The molecule has 0 fully saturated rings. The molecule has 1 aromatic heterocycles. The molecule has 24 heavy (non-hydrogen) atoms. The highest BCUT2D eigenvalue weighted by molar-refractivity contribution is 9.10. The van der Waals surface area contributed by atoms with E-state index in [-0.39, 0.29) is 11.8 Å². The van der Waals surface area contributed by atoms with Crippen molar-refractivity contribution in [3.05, 3.63) is 76.0 Å². The number of hydrogen-bond donors (Lipinski definition) is 0. The van der Waals surface area contributed by atoms with E-state index in [0.717, 1.165) is 15.9 Å². The highest BCUT2D eigenvalue weighted by Gasteiger charge is 2.38. The number of hydrogen-bond acceptors (Lipinski definition) is 3. The topological polar surface area (TPSA) is 55.2 Å². The number of carbonyl (C=O) groups excluding carboxylic acids is 2. The first kappa shape index (κ1) is 14.8. The molecule has 0 saturated carbocycles. The zero-order valence-corrected chi connectivity index (χ0v) is 14.3. The molecule has 0 radical (unpaired) electrons. The van der Waals surface area contributed by atoms with Crippen molar-refractivity contribution in [2.24, 2.45) is 0 Å². The van der Waals surface area contributed by atoms with Gasteiger partial charge in [-0.1, -0.05) is 34.1 Å². The summed E-state index contributed by atoms with van der Waals surface area (Å²) in [6.45, 7) is 1.84. The van der Waals surface area contributed by atoms with Crippen LogP contribution in [0.5, 0.6) is 0 Å². The van der Waals surface area contributed by atoms with E-state index in [1.807, 2.05) is 31.2 Å². The zero-order valence-electron chi connectivity index (χ0n) is 12.7. The van der Waals surface area contributed by atoms with Crippen LogP contribution in [-0.2, 0) is 0 Å². The first-order chi connectivity index (χ1) is 11.6. The van der Waals surface area contributed by atoms with Crippen molar-refractivity contribution < 1.29 is 9.59 Å². The lowest BCUT2D eigenvalue weighted by Gasteiger charge is -2.13. The molecule has 118 valence electrons. The van der Waals surface area contributed by atoms with E-state index < -0.39 is 0 Å². The van der Waals surface area contributed by atoms with Gasteiger partial charge in [-0.3, -0.25) is 9.59 Å². The maximum atomic E-state index is 12.6. The smallest absolute Gasteiger partial charge is 0.266 e. The number of anilines is 1. The maximum absolute atomic E-state index is 12.6. The second-order valence-electron chi connectivity index (χ2n) is 5.50. The molecule has 2 heterocycles. The molecule has 1 aliphatic rings. The first-order valence-electron chi connectivity index (χ1n) is 7.36. The summed E-state index contributed by atoms with van der Waals surface area (Å²) in [5.41, 5.74) is 2.93. The molecule has 2 aromatic carbocycles. The Kier molecular flexibility index (Phi) is 3.35. The first-order valence-corrected chi connectivity index (χ1v) is 8.15. The number of imide groups is 1. The molecule has 5 nitrogen and oxygen atoms in total. The molecule has 0 unspecified atom stereocenters. The molecular weight excluding hydrogens is 370 g/mol. The summed E-state index contributed by atoms with van der Waals surface area (Å²) in [7, 11) is 0. The molecule has 4 rings (SSSR count). The quantitative estimate of drug-likeness (QED) is 0.635. The molecule has 0 spiro atoms. The fourth-order valence-electron chi connectivity index (χ4n) is 2.90. The van der Waals surface area contributed by atoms with Crippen LogP contribution < -0.4 is 4.90 Å². The number of rotatable bonds is 2. The van der Waals surface area contributed by atoms with E-state index in [9.17, 15) is 9.59 Å². The van der Waals surface area contributed by atoms with Crippen molar-refractivity contribution >= 4 is 33.4 Å². The van der Waals surface area contributed by atoms with Gasteiger partial charge in [-0.2, -0.15) is 5.10 Å². The molecule has 0 atom stereocenters. The van der Waals surface area contributed by atoms with Crippen molar-refractivity contribution in [1.82, 2.24) is 9.78 Å². The van der Waals surface area contributed by atoms with Crippen LogP contribution in [0.15, 0.2) is 59.2 Å². The van der Waals surface area contributed by atoms with Crippen LogP contribution in [0, 0.1) is 6.92 Å². The van der Waals surface area contributed by atoms with Crippen LogP contribution in [0.25, 0.3) is 5.69 Å². The Labute approximate surface area is 146 Å². The molecule has 0 saturated heterocycles. The molecule has 2 amide bonds. The van der Waals surface area contributed by atoms with Crippen LogP contribution in [0.4, 0.5) is 5.69 Å². The minimum absolute atomic E-state index is 0.313. The van der Waals surface area contributed by atoms with E-state index in [2.05, 4.69) is 21.0 Å². The second-order valence-corrected chi connectivity index (χ2v) is 6.41. The Hall–Kier alpha value is -2.73. The Bertz CT molecular complexity index is 958. The summed E-state index contributed by atoms with van der Waals surface area (Å²) in [5.74, 6) is -0.625. The van der Waals surface area contributed by atoms with Crippen LogP contribution in [-0.4, -0.2) is 21.6 Å². The SMILES string of the molecule is Cc1c(N2C(=O)c3ccccc3C2=O)cnn1-c1cccc(Br)c1. The Morgan fingerprint density at radius 3 is 2.25 bits per heavy atom. The van der Waals surface area contributed by atoms with Gasteiger partial charge in [0.1, 0.15) is 0 Å². The number of halogens is 1. The van der Waals surface area contributed by atoms with Gasteiger partial charge in [0.05, 0.1) is 34.4 Å². The Balaban J connectivity index is 1.80. The van der Waals surface area contributed by atoms with Gasteiger partial charge in [-0.05, 0) is 37.3 Å². The fourth-order valence-corrected chi connectivity index (χ4v) is 3.28. The van der Waals surface area contributed by atoms with Crippen molar-refractivity contribution in [1.29, 1.82) is 0 Å². The average Bonchev–Trinajstić information content (AvgIpc) is 3.07. The van der Waals surface area contributed by atoms with Gasteiger partial charge in [-0.25, -0.2) is 9.58 Å². The number of carbonyl (C=O) groups is 2. The van der Waals surface area contributed by atoms with Gasteiger partial charge in [0, 0.05) is 4.47 Å². The maximum Gasteiger partial charge on any atom is 0.266 e. The van der Waals surface area contributed by atoms with Gasteiger partial charge in [-0.15, -0.1) is 0 Å². The largest absolute Gasteiger partial charge is 0.268 e. The highest BCUT2D eigenvalue weighted by atomic mass is 79.9. The standard InChI is InChI=1S/C18H12BrN3O2/c1-11-16(10-20-22(11)13-6-4-5-12(19)9-13)21-17(23)14-7-2-3-8-15(14)18(21)24/h2-10H,1H3. The lowest BCUT2D eigenvalue weighted by Crippen LogP contribution is -2.29. The molecular formula is C18H12BrN3O2. The predicted molar refractivity (Wildman–Crippen MR) is 93.6 cm³/mol. The lowest BCUT2D eigenvalue weighted by molar-refractivity contribution is 0.0926. The summed E-state index contributed by atoms with van der Waals surface area (Å²) in [6, 6.07) is 14.5. The zero-order chi connectivity index (χ0) is 16.8. The number of aromatic nitrogens is 2. The molecule has 6 heteroatoms. The molecule has 3 aromatic rings. The summed E-state index contributed by atoms with van der Waals surface area (Å²) < 4.78 is 2.64. The van der Waals surface area contributed by atoms with Crippen molar-refractivity contribution in [2.45, 2.75) is 6.92 Å². The van der Waals surface area contributed by atoms with Crippen molar-refractivity contribution in [3.63, 3.8) is 0 Å². The van der Waals surface area contributed by atoms with Crippen LogP contribution in [0.3, 0.4) is 0 Å². The van der Waals surface area contributed by atoms with E-state index in [1.54, 1.807) is 35.1 Å². The van der Waals surface area contributed by atoms with Gasteiger partial charge >= 0.3 is 0 Å². The van der Waals surface area contributed by atoms with E-state index in [4.69, 9.17) is 0 Å². The monoisotopic (exact) mass is 381 g/mol. The second kappa shape index (κ2) is 5.42. The Morgan fingerprint density at radius 2 is 1.62 bits per heavy atom. The predicted octanol–water partition coefficient (Wildman–Crippen LogP) is 3.74. The van der Waals surface area contributed by atoms with Crippen molar-refractivity contribution in [3.8, 4) is 5.69 Å². The van der Waals surface area contributed by atoms with E-state index in [1.165, 1.54) is 4.90 Å². The Morgan fingerprint density at radius 1 is 0.958 bits per heavy atom. The number of nitrogens with zero attached hydrogens (tertiary/aromatic N) is 3. The van der Waals surface area contributed by atoms with Crippen molar-refractivity contribution in [2.75, 3.05) is 4.90 Å².